The summed E-state index contributed by atoms with van der Waals surface area (Å²) in [6.07, 6.45) is 4.90. The number of anilines is 1. The SMILES string of the molecule is Cn1ccnc1C1CNCCN1CC(=O)NCC1CCN(c2ccccc2)C1. The number of rotatable bonds is 6. The van der Waals surface area contributed by atoms with Crippen molar-refractivity contribution in [1.29, 1.82) is 0 Å². The maximum absolute atomic E-state index is 12.6. The Bertz CT molecular complexity index is 776. The second kappa shape index (κ2) is 8.75. The predicted octanol–water partition coefficient (Wildman–Crippen LogP) is 1.01. The summed E-state index contributed by atoms with van der Waals surface area (Å²) in [4.78, 5) is 21.7. The molecule has 2 N–H and O–H groups in total. The minimum Gasteiger partial charge on any atom is -0.371 e. The van der Waals surface area contributed by atoms with E-state index < -0.39 is 0 Å². The Morgan fingerprint density at radius 3 is 2.93 bits per heavy atom. The van der Waals surface area contributed by atoms with Gasteiger partial charge in [-0.15, -0.1) is 0 Å². The van der Waals surface area contributed by atoms with Gasteiger partial charge >= 0.3 is 0 Å². The highest BCUT2D eigenvalue weighted by Gasteiger charge is 2.29. The highest BCUT2D eigenvalue weighted by Crippen LogP contribution is 2.23. The number of benzene rings is 1. The highest BCUT2D eigenvalue weighted by atomic mass is 16.2. The molecule has 2 aliphatic rings. The van der Waals surface area contributed by atoms with Crippen LogP contribution in [0, 0.1) is 5.92 Å². The van der Waals surface area contributed by atoms with Gasteiger partial charge < -0.3 is 20.1 Å². The molecule has 0 saturated carbocycles. The van der Waals surface area contributed by atoms with Crippen LogP contribution in [0.5, 0.6) is 0 Å². The molecule has 2 unspecified atom stereocenters. The van der Waals surface area contributed by atoms with Crippen LogP contribution < -0.4 is 15.5 Å². The van der Waals surface area contributed by atoms with Gasteiger partial charge in [0.15, 0.2) is 0 Å². The fourth-order valence-electron chi connectivity index (χ4n) is 4.26. The van der Waals surface area contributed by atoms with E-state index in [0.29, 0.717) is 12.5 Å². The number of piperazine rings is 1. The summed E-state index contributed by atoms with van der Waals surface area (Å²) in [6.45, 7) is 5.83. The molecule has 1 aromatic carbocycles. The standard InChI is InChI=1S/C21H30N6O/c1-25-11-9-23-21(25)19-14-22-8-12-27(19)16-20(28)24-13-17-7-10-26(15-17)18-5-3-2-4-6-18/h2-6,9,11,17,19,22H,7-8,10,12-16H2,1H3,(H,24,28). The minimum atomic E-state index is 0.110. The van der Waals surface area contributed by atoms with E-state index in [-0.39, 0.29) is 11.9 Å². The summed E-state index contributed by atoms with van der Waals surface area (Å²) in [5.74, 6) is 1.63. The Morgan fingerprint density at radius 1 is 1.29 bits per heavy atom. The van der Waals surface area contributed by atoms with Gasteiger partial charge in [0.2, 0.25) is 5.91 Å². The van der Waals surface area contributed by atoms with Gasteiger partial charge in [-0.1, -0.05) is 18.2 Å². The lowest BCUT2D eigenvalue weighted by molar-refractivity contribution is -0.123. The van der Waals surface area contributed by atoms with Crippen molar-refractivity contribution in [3.05, 3.63) is 48.5 Å². The van der Waals surface area contributed by atoms with Crippen LogP contribution in [0.3, 0.4) is 0 Å². The fourth-order valence-corrected chi connectivity index (χ4v) is 4.26. The van der Waals surface area contributed by atoms with Crippen LogP contribution in [0.25, 0.3) is 0 Å². The Balaban J connectivity index is 1.27. The highest BCUT2D eigenvalue weighted by molar-refractivity contribution is 5.78. The molecule has 0 radical (unpaired) electrons. The maximum atomic E-state index is 12.6. The smallest absolute Gasteiger partial charge is 0.234 e. The molecular formula is C21H30N6O. The number of aromatic nitrogens is 2. The van der Waals surface area contributed by atoms with Gasteiger partial charge in [-0.3, -0.25) is 9.69 Å². The molecule has 2 atom stereocenters. The summed E-state index contributed by atoms with van der Waals surface area (Å²) < 4.78 is 2.04. The minimum absolute atomic E-state index is 0.110. The quantitative estimate of drug-likeness (QED) is 0.781. The van der Waals surface area contributed by atoms with E-state index in [1.165, 1.54) is 5.69 Å². The molecule has 7 nitrogen and oxygen atoms in total. The van der Waals surface area contributed by atoms with Crippen LogP contribution in [0.2, 0.25) is 0 Å². The number of nitrogens with one attached hydrogen (secondary N) is 2. The summed E-state index contributed by atoms with van der Waals surface area (Å²) in [5, 5.41) is 6.59. The first-order valence-corrected chi connectivity index (χ1v) is 10.2. The molecule has 1 amide bonds. The molecule has 0 bridgehead atoms. The van der Waals surface area contributed by atoms with Gasteiger partial charge in [-0.05, 0) is 24.5 Å². The first kappa shape index (κ1) is 19.0. The molecule has 28 heavy (non-hydrogen) atoms. The number of carbonyl (C=O) groups is 1. The molecule has 4 rings (SSSR count). The van der Waals surface area contributed by atoms with Crippen molar-refractivity contribution in [2.24, 2.45) is 13.0 Å². The number of hydrogen-bond donors (Lipinski definition) is 2. The molecule has 0 aliphatic carbocycles. The van der Waals surface area contributed by atoms with E-state index in [4.69, 9.17) is 0 Å². The maximum Gasteiger partial charge on any atom is 0.234 e. The molecule has 2 aliphatic heterocycles. The predicted molar refractivity (Wildman–Crippen MR) is 110 cm³/mol. The van der Waals surface area contributed by atoms with Gasteiger partial charge in [0.1, 0.15) is 5.82 Å². The van der Waals surface area contributed by atoms with Gasteiger partial charge in [0, 0.05) is 64.4 Å². The summed E-state index contributed by atoms with van der Waals surface area (Å²) in [5.41, 5.74) is 1.27. The fraction of sp³-hybridized carbons (Fsp3) is 0.524. The van der Waals surface area contributed by atoms with Gasteiger partial charge in [0.05, 0.1) is 12.6 Å². The van der Waals surface area contributed by atoms with Crippen LogP contribution in [-0.4, -0.2) is 66.2 Å². The molecule has 1 aromatic heterocycles. The average molecular weight is 383 g/mol. The third-order valence-corrected chi connectivity index (χ3v) is 5.85. The van der Waals surface area contributed by atoms with Crippen LogP contribution >= 0.6 is 0 Å². The Labute approximate surface area is 166 Å². The first-order chi connectivity index (χ1) is 13.7. The molecule has 0 spiro atoms. The van der Waals surface area contributed by atoms with E-state index in [0.717, 1.165) is 51.5 Å². The molecule has 2 saturated heterocycles. The third kappa shape index (κ3) is 4.36. The summed E-state index contributed by atoms with van der Waals surface area (Å²) in [7, 11) is 2.01. The zero-order valence-electron chi connectivity index (χ0n) is 16.6. The largest absolute Gasteiger partial charge is 0.371 e. The molecule has 3 heterocycles. The van der Waals surface area contributed by atoms with Crippen LogP contribution in [0.15, 0.2) is 42.7 Å². The topological polar surface area (TPSA) is 65.4 Å². The van der Waals surface area contributed by atoms with Crippen LogP contribution in [0.1, 0.15) is 18.3 Å². The van der Waals surface area contributed by atoms with E-state index in [9.17, 15) is 4.79 Å². The van der Waals surface area contributed by atoms with Crippen molar-refractivity contribution in [3.63, 3.8) is 0 Å². The molecule has 2 aromatic rings. The second-order valence-corrected chi connectivity index (χ2v) is 7.83. The third-order valence-electron chi connectivity index (χ3n) is 5.85. The van der Waals surface area contributed by atoms with Gasteiger partial charge in [0.25, 0.3) is 0 Å². The summed E-state index contributed by atoms with van der Waals surface area (Å²) >= 11 is 0. The van der Waals surface area contributed by atoms with Crippen LogP contribution in [0.4, 0.5) is 5.69 Å². The van der Waals surface area contributed by atoms with Crippen molar-refractivity contribution in [2.45, 2.75) is 12.5 Å². The van der Waals surface area contributed by atoms with E-state index in [2.05, 4.69) is 49.7 Å². The van der Waals surface area contributed by atoms with Crippen molar-refractivity contribution in [3.8, 4) is 0 Å². The van der Waals surface area contributed by atoms with E-state index in [1.807, 2.05) is 30.1 Å². The molecule has 150 valence electrons. The van der Waals surface area contributed by atoms with Crippen LogP contribution in [-0.2, 0) is 11.8 Å². The monoisotopic (exact) mass is 382 g/mol. The lowest BCUT2D eigenvalue weighted by Gasteiger charge is -2.35. The Kier molecular flexibility index (Phi) is 5.92. The van der Waals surface area contributed by atoms with Crippen molar-refractivity contribution in [1.82, 2.24) is 25.1 Å². The van der Waals surface area contributed by atoms with E-state index in [1.54, 1.807) is 0 Å². The number of imidazole rings is 1. The summed E-state index contributed by atoms with van der Waals surface area (Å²) in [6, 6.07) is 10.7. The molecule has 2 fully saturated rings. The number of aryl methyl sites for hydroxylation is 1. The number of hydrogen-bond acceptors (Lipinski definition) is 5. The first-order valence-electron chi connectivity index (χ1n) is 10.2. The van der Waals surface area contributed by atoms with Gasteiger partial charge in [-0.2, -0.15) is 0 Å². The second-order valence-electron chi connectivity index (χ2n) is 7.83. The van der Waals surface area contributed by atoms with Crippen molar-refractivity contribution in [2.75, 3.05) is 50.7 Å². The van der Waals surface area contributed by atoms with Gasteiger partial charge in [-0.25, -0.2) is 4.98 Å². The average Bonchev–Trinajstić information content (AvgIpc) is 3.37. The zero-order chi connectivity index (χ0) is 19.3. The number of amides is 1. The molecule has 7 heteroatoms. The lowest BCUT2D eigenvalue weighted by atomic mass is 10.1. The number of nitrogens with zero attached hydrogens (tertiary/aromatic N) is 4. The van der Waals surface area contributed by atoms with Crippen molar-refractivity contribution >= 4 is 11.6 Å². The zero-order valence-corrected chi connectivity index (χ0v) is 16.6. The number of carbonyl (C=O) groups excluding carboxylic acids is 1. The molecular weight excluding hydrogens is 352 g/mol. The lowest BCUT2D eigenvalue weighted by Crippen LogP contribution is -2.50. The Hall–Kier alpha value is -2.38. The Morgan fingerprint density at radius 2 is 2.14 bits per heavy atom. The van der Waals surface area contributed by atoms with Crippen molar-refractivity contribution < 1.29 is 4.79 Å². The van der Waals surface area contributed by atoms with E-state index >= 15 is 0 Å². The normalized spacial score (nSPS) is 23.1. The number of para-hydroxylation sites is 1.